The molecule has 1 rings (SSSR count). The molecule has 74 valence electrons. The average Bonchev–Trinajstić information content (AvgIpc) is 2.19. The van der Waals surface area contributed by atoms with E-state index in [-0.39, 0.29) is 0 Å². The van der Waals surface area contributed by atoms with Gasteiger partial charge in [0.2, 0.25) is 0 Å². The predicted molar refractivity (Wildman–Crippen MR) is 61.3 cm³/mol. The van der Waals surface area contributed by atoms with E-state index in [1.54, 1.807) is 0 Å². The van der Waals surface area contributed by atoms with Crippen molar-refractivity contribution in [3.8, 4) is 11.8 Å². The number of benzene rings is 1. The fourth-order valence-electron chi connectivity index (χ4n) is 1.21. The van der Waals surface area contributed by atoms with Crippen LogP contribution in [0.4, 0.5) is 0 Å². The Hall–Kier alpha value is -1.26. The highest BCUT2D eigenvalue weighted by Gasteiger charge is 1.97. The van der Waals surface area contributed by atoms with Gasteiger partial charge in [-0.2, -0.15) is 0 Å². The molecule has 0 saturated carbocycles. The first-order valence-corrected chi connectivity index (χ1v) is 4.97. The largest absolute Gasteiger partial charge is 0.309 e. The Balaban J connectivity index is 2.80. The van der Waals surface area contributed by atoms with Crippen LogP contribution in [-0.4, -0.2) is 13.6 Å². The van der Waals surface area contributed by atoms with Crippen molar-refractivity contribution in [1.82, 2.24) is 5.32 Å². The molecule has 0 unspecified atom stereocenters. The summed E-state index contributed by atoms with van der Waals surface area (Å²) in [5.74, 6) is 6.76. The first-order valence-electron chi connectivity index (χ1n) is 4.97. The molecule has 0 bridgehead atoms. The van der Waals surface area contributed by atoms with Crippen molar-refractivity contribution >= 4 is 0 Å². The minimum atomic E-state index is 0.570. The molecule has 0 spiro atoms. The summed E-state index contributed by atoms with van der Waals surface area (Å²) in [6, 6.07) is 8.43. The van der Waals surface area contributed by atoms with E-state index < -0.39 is 0 Å². The highest BCUT2D eigenvalue weighted by Crippen LogP contribution is 2.14. The van der Waals surface area contributed by atoms with E-state index in [0.717, 1.165) is 12.1 Å². The molecule has 0 aliphatic rings. The van der Waals surface area contributed by atoms with Crippen LogP contribution in [-0.2, 0) is 0 Å². The topological polar surface area (TPSA) is 12.0 Å². The first kappa shape index (κ1) is 10.8. The quantitative estimate of drug-likeness (QED) is 0.701. The molecule has 0 aromatic heterocycles. The third kappa shape index (κ3) is 3.24. The van der Waals surface area contributed by atoms with Crippen LogP contribution in [0.15, 0.2) is 24.3 Å². The molecule has 1 nitrogen and oxygen atoms in total. The summed E-state index contributed by atoms with van der Waals surface area (Å²) in [4.78, 5) is 0. The number of rotatable bonds is 2. The van der Waals surface area contributed by atoms with Crippen molar-refractivity contribution in [2.24, 2.45) is 0 Å². The van der Waals surface area contributed by atoms with E-state index in [4.69, 9.17) is 0 Å². The van der Waals surface area contributed by atoms with E-state index in [0.29, 0.717) is 5.92 Å². The van der Waals surface area contributed by atoms with E-state index in [9.17, 15) is 0 Å². The maximum atomic E-state index is 3.13. The molecule has 1 aromatic rings. The van der Waals surface area contributed by atoms with Crippen LogP contribution in [0.5, 0.6) is 0 Å². The number of nitrogens with one attached hydrogen (secondary N) is 1. The monoisotopic (exact) mass is 187 g/mol. The van der Waals surface area contributed by atoms with Gasteiger partial charge in [-0.05, 0) is 30.7 Å². The molecule has 0 aliphatic heterocycles. The van der Waals surface area contributed by atoms with Gasteiger partial charge < -0.3 is 5.32 Å². The van der Waals surface area contributed by atoms with Crippen LogP contribution in [0.25, 0.3) is 0 Å². The van der Waals surface area contributed by atoms with Gasteiger partial charge in [0.1, 0.15) is 0 Å². The van der Waals surface area contributed by atoms with Gasteiger partial charge in [-0.15, -0.1) is 0 Å². The second-order valence-electron chi connectivity index (χ2n) is 3.61. The molecule has 1 aromatic carbocycles. The summed E-state index contributed by atoms with van der Waals surface area (Å²) in [5, 5.41) is 3.00. The molecule has 1 N–H and O–H groups in total. The normalized spacial score (nSPS) is 9.71. The second kappa shape index (κ2) is 5.47. The summed E-state index contributed by atoms with van der Waals surface area (Å²) < 4.78 is 0. The van der Waals surface area contributed by atoms with Gasteiger partial charge in [-0.3, -0.25) is 0 Å². The zero-order chi connectivity index (χ0) is 10.4. The maximum Gasteiger partial charge on any atom is 0.0577 e. The van der Waals surface area contributed by atoms with Crippen molar-refractivity contribution < 1.29 is 0 Å². The highest BCUT2D eigenvalue weighted by atomic mass is 14.8. The summed E-state index contributed by atoms with van der Waals surface area (Å²) in [6.45, 7) is 5.13. The van der Waals surface area contributed by atoms with Gasteiger partial charge >= 0.3 is 0 Å². The van der Waals surface area contributed by atoms with Crippen LogP contribution in [0.3, 0.4) is 0 Å². The molecular weight excluding hydrogens is 170 g/mol. The first-order chi connectivity index (χ1) is 6.74. The molecule has 0 atom stereocenters. The zero-order valence-electron chi connectivity index (χ0n) is 9.09. The fraction of sp³-hybridized carbons (Fsp3) is 0.385. The van der Waals surface area contributed by atoms with Gasteiger partial charge in [-0.25, -0.2) is 0 Å². The Kier molecular flexibility index (Phi) is 4.22. The van der Waals surface area contributed by atoms with Gasteiger partial charge in [-0.1, -0.05) is 37.8 Å². The average molecular weight is 187 g/mol. The van der Waals surface area contributed by atoms with Crippen molar-refractivity contribution in [3.05, 3.63) is 35.4 Å². The minimum Gasteiger partial charge on any atom is -0.309 e. The Morgan fingerprint density at radius 2 is 2.14 bits per heavy atom. The molecule has 14 heavy (non-hydrogen) atoms. The summed E-state index contributed by atoms with van der Waals surface area (Å²) in [7, 11) is 1.90. The lowest BCUT2D eigenvalue weighted by atomic mass is 10.0. The van der Waals surface area contributed by atoms with Gasteiger partial charge in [0.15, 0.2) is 0 Å². The summed E-state index contributed by atoms with van der Waals surface area (Å²) >= 11 is 0. The van der Waals surface area contributed by atoms with Gasteiger partial charge in [0.05, 0.1) is 6.54 Å². The molecule has 0 aliphatic carbocycles. The van der Waals surface area contributed by atoms with Crippen molar-refractivity contribution in [2.45, 2.75) is 19.8 Å². The second-order valence-corrected chi connectivity index (χ2v) is 3.61. The van der Waals surface area contributed by atoms with Gasteiger partial charge in [0, 0.05) is 5.56 Å². The SMILES string of the molecule is CNCC#Cc1cccc(C(C)C)c1. The standard InChI is InChI=1S/C13H17N/c1-11(2)13-8-4-6-12(10-13)7-5-9-14-3/h4,6,8,10-11,14H,9H2,1-3H3. The van der Waals surface area contributed by atoms with E-state index in [1.807, 2.05) is 7.05 Å². The molecule has 0 fully saturated rings. The van der Waals surface area contributed by atoms with E-state index in [2.05, 4.69) is 55.3 Å². The molecule has 0 radical (unpaired) electrons. The minimum absolute atomic E-state index is 0.570. The predicted octanol–water partition coefficient (Wildman–Crippen LogP) is 2.38. The Morgan fingerprint density at radius 1 is 1.36 bits per heavy atom. The maximum absolute atomic E-state index is 3.13. The zero-order valence-corrected chi connectivity index (χ0v) is 9.09. The molecule has 0 amide bonds. The summed E-state index contributed by atoms with van der Waals surface area (Å²) in [5.41, 5.74) is 2.45. The van der Waals surface area contributed by atoms with Crippen LogP contribution in [0.1, 0.15) is 30.9 Å². The van der Waals surface area contributed by atoms with Crippen molar-refractivity contribution in [2.75, 3.05) is 13.6 Å². The molecule has 0 saturated heterocycles. The van der Waals surface area contributed by atoms with Crippen LogP contribution in [0.2, 0.25) is 0 Å². The van der Waals surface area contributed by atoms with E-state index in [1.165, 1.54) is 5.56 Å². The van der Waals surface area contributed by atoms with Gasteiger partial charge in [0.25, 0.3) is 0 Å². The van der Waals surface area contributed by atoms with Crippen LogP contribution >= 0.6 is 0 Å². The Morgan fingerprint density at radius 3 is 2.79 bits per heavy atom. The molecule has 1 heteroatoms. The van der Waals surface area contributed by atoms with E-state index >= 15 is 0 Å². The lowest BCUT2D eigenvalue weighted by Crippen LogP contribution is -2.04. The fourth-order valence-corrected chi connectivity index (χ4v) is 1.21. The molecule has 0 heterocycles. The lowest BCUT2D eigenvalue weighted by Gasteiger charge is -2.04. The van der Waals surface area contributed by atoms with Crippen LogP contribution in [0, 0.1) is 11.8 Å². The smallest absolute Gasteiger partial charge is 0.0577 e. The van der Waals surface area contributed by atoms with Crippen LogP contribution < -0.4 is 5.32 Å². The summed E-state index contributed by atoms with van der Waals surface area (Å²) in [6.07, 6.45) is 0. The highest BCUT2D eigenvalue weighted by molar-refractivity contribution is 5.38. The number of hydrogen-bond acceptors (Lipinski definition) is 1. The third-order valence-corrected chi connectivity index (χ3v) is 2.05. The van der Waals surface area contributed by atoms with Crippen molar-refractivity contribution in [3.63, 3.8) is 0 Å². The molecular formula is C13H17N. The number of hydrogen-bond donors (Lipinski definition) is 1. The third-order valence-electron chi connectivity index (χ3n) is 2.05. The lowest BCUT2D eigenvalue weighted by molar-refractivity contribution is 0.866. The van der Waals surface area contributed by atoms with Crippen molar-refractivity contribution in [1.29, 1.82) is 0 Å². The Labute approximate surface area is 86.5 Å². The Bertz CT molecular complexity index is 342.